The van der Waals surface area contributed by atoms with Gasteiger partial charge in [0.1, 0.15) is 0 Å². The lowest BCUT2D eigenvalue weighted by molar-refractivity contribution is -0.110. The maximum atomic E-state index is 13.0. The second-order valence-electron chi connectivity index (χ2n) is 9.19. The number of hydrogen-bond donors (Lipinski definition) is 3. The number of carbonyl (C=O) groups is 2. The van der Waals surface area contributed by atoms with E-state index in [1.54, 1.807) is 6.08 Å². The molecule has 1 fully saturated rings. The largest absolute Gasteiger partial charge is 0.358 e. The molecule has 7 heteroatoms. The van der Waals surface area contributed by atoms with Crippen LogP contribution in [0.2, 0.25) is 5.02 Å². The van der Waals surface area contributed by atoms with Crippen LogP contribution in [0.3, 0.4) is 0 Å². The van der Waals surface area contributed by atoms with Crippen molar-refractivity contribution in [3.05, 3.63) is 76.1 Å². The molecule has 0 bridgehead atoms. The first-order valence-electron chi connectivity index (χ1n) is 12.1. The van der Waals surface area contributed by atoms with Crippen LogP contribution >= 0.6 is 11.6 Å². The minimum absolute atomic E-state index is 0.135. The number of fused-ring (bicyclic) bond motifs is 1. The number of nitrogens with one attached hydrogen (secondary N) is 3. The Balaban J connectivity index is 1.41. The first kappa shape index (κ1) is 23.4. The number of benzene rings is 2. The number of amides is 2. The molecule has 180 valence electrons. The van der Waals surface area contributed by atoms with Crippen molar-refractivity contribution >= 4 is 40.8 Å². The van der Waals surface area contributed by atoms with Gasteiger partial charge in [0.05, 0.1) is 16.8 Å². The summed E-state index contributed by atoms with van der Waals surface area (Å²) >= 11 is 6.24. The van der Waals surface area contributed by atoms with Gasteiger partial charge in [-0.15, -0.1) is 0 Å². The normalized spacial score (nSPS) is 16.5. The zero-order valence-corrected chi connectivity index (χ0v) is 20.5. The van der Waals surface area contributed by atoms with E-state index in [9.17, 15) is 9.59 Å². The number of hydrogen-bond acceptors (Lipinski definition) is 3. The van der Waals surface area contributed by atoms with Crippen LogP contribution in [0.5, 0.6) is 0 Å². The van der Waals surface area contributed by atoms with E-state index >= 15 is 0 Å². The predicted octanol–water partition coefficient (Wildman–Crippen LogP) is 5.35. The zero-order chi connectivity index (χ0) is 24.4. The molecule has 0 atom stereocenters. The van der Waals surface area contributed by atoms with Crippen molar-refractivity contribution in [2.24, 2.45) is 0 Å². The number of aromatic amines is 1. The maximum absolute atomic E-state index is 13.0. The lowest BCUT2D eigenvalue weighted by Crippen LogP contribution is -2.28. The molecule has 3 N–H and O–H groups in total. The highest BCUT2D eigenvalue weighted by molar-refractivity contribution is 6.36. The molecule has 0 saturated carbocycles. The summed E-state index contributed by atoms with van der Waals surface area (Å²) in [5.41, 5.74) is 5.93. The Kier molecular flexibility index (Phi) is 6.75. The van der Waals surface area contributed by atoms with Crippen molar-refractivity contribution in [1.29, 1.82) is 0 Å². The summed E-state index contributed by atoms with van der Waals surface area (Å²) < 4.78 is 0. The number of nitrogens with zero attached hydrogens (tertiary/aromatic N) is 1. The molecule has 35 heavy (non-hydrogen) atoms. The minimum atomic E-state index is -0.196. The molecule has 2 aliphatic rings. The van der Waals surface area contributed by atoms with E-state index in [1.165, 1.54) is 12.8 Å². The van der Waals surface area contributed by atoms with Crippen molar-refractivity contribution in [2.75, 3.05) is 31.5 Å². The van der Waals surface area contributed by atoms with Gasteiger partial charge in [0, 0.05) is 28.5 Å². The summed E-state index contributed by atoms with van der Waals surface area (Å²) in [5, 5.41) is 6.63. The van der Waals surface area contributed by atoms with Gasteiger partial charge in [0.2, 0.25) is 0 Å². The summed E-state index contributed by atoms with van der Waals surface area (Å²) in [7, 11) is 0. The Labute approximate surface area is 210 Å². The Hall–Kier alpha value is -3.35. The number of likely N-dealkylation sites (tertiary alicyclic amines) is 1. The van der Waals surface area contributed by atoms with Crippen LogP contribution in [0.15, 0.2) is 48.5 Å². The fourth-order valence-corrected chi connectivity index (χ4v) is 5.14. The number of carbonyl (C=O) groups excluding carboxylic acids is 2. The Morgan fingerprint density at radius 2 is 1.94 bits per heavy atom. The molecule has 3 aromatic rings. The van der Waals surface area contributed by atoms with Crippen LogP contribution in [0.25, 0.3) is 22.8 Å². The van der Waals surface area contributed by atoms with E-state index in [1.807, 2.05) is 55.5 Å². The Morgan fingerprint density at radius 3 is 2.74 bits per heavy atom. The molecule has 0 unspecified atom stereocenters. The first-order chi connectivity index (χ1) is 17.0. The Morgan fingerprint density at radius 1 is 1.14 bits per heavy atom. The van der Waals surface area contributed by atoms with Gasteiger partial charge < -0.3 is 20.5 Å². The van der Waals surface area contributed by atoms with Crippen LogP contribution in [-0.4, -0.2) is 47.9 Å². The molecule has 1 aromatic heterocycles. The highest BCUT2D eigenvalue weighted by Gasteiger charge is 2.28. The summed E-state index contributed by atoms with van der Waals surface area (Å²) in [6.45, 7) is 5.85. The summed E-state index contributed by atoms with van der Waals surface area (Å²) in [5.74, 6) is -0.330. The van der Waals surface area contributed by atoms with Gasteiger partial charge in [0.15, 0.2) is 0 Å². The molecule has 5 rings (SSSR count). The number of aryl methyl sites for hydroxylation is 1. The SMILES string of the molecule is Cc1cc(C(=O)NCCCN2CCCC2)c(/C=C2\C(=O)Nc3cccc(-c4cccc(Cl)c4)c32)[nH]1. The quantitative estimate of drug-likeness (QED) is 0.310. The van der Waals surface area contributed by atoms with Crippen LogP contribution < -0.4 is 10.6 Å². The standard InChI is InChI=1S/C28H29ClN4O2/c1-18-15-22(27(34)30-11-6-14-33-12-2-3-13-33)25(31-18)17-23-26-21(19-7-4-8-20(29)16-19)9-5-10-24(26)32-28(23)35/h4-5,7-10,15-17,31H,2-3,6,11-14H2,1H3,(H,30,34)(H,32,35)/b23-17-. The molecule has 2 aromatic carbocycles. The van der Waals surface area contributed by atoms with Gasteiger partial charge in [-0.3, -0.25) is 9.59 Å². The number of rotatable bonds is 7. The van der Waals surface area contributed by atoms with Crippen LogP contribution in [0.4, 0.5) is 5.69 Å². The van der Waals surface area contributed by atoms with Crippen LogP contribution in [0.1, 0.15) is 46.6 Å². The van der Waals surface area contributed by atoms with Crippen molar-refractivity contribution in [2.45, 2.75) is 26.2 Å². The van der Waals surface area contributed by atoms with E-state index < -0.39 is 0 Å². The van der Waals surface area contributed by atoms with Crippen molar-refractivity contribution in [1.82, 2.24) is 15.2 Å². The van der Waals surface area contributed by atoms with E-state index in [0.717, 1.165) is 54.1 Å². The van der Waals surface area contributed by atoms with Gasteiger partial charge in [-0.25, -0.2) is 0 Å². The number of anilines is 1. The van der Waals surface area contributed by atoms with Crippen molar-refractivity contribution in [3.8, 4) is 11.1 Å². The van der Waals surface area contributed by atoms with Crippen LogP contribution in [-0.2, 0) is 4.79 Å². The highest BCUT2D eigenvalue weighted by Crippen LogP contribution is 2.41. The summed E-state index contributed by atoms with van der Waals surface area (Å²) in [6.07, 6.45) is 5.23. The summed E-state index contributed by atoms with van der Waals surface area (Å²) in [6, 6.07) is 15.2. The number of aromatic nitrogens is 1. The average molecular weight is 489 g/mol. The van der Waals surface area contributed by atoms with Crippen molar-refractivity contribution < 1.29 is 9.59 Å². The fraction of sp³-hybridized carbons (Fsp3) is 0.286. The third kappa shape index (κ3) is 5.04. The number of halogens is 1. The molecule has 2 aliphatic heterocycles. The van der Waals surface area contributed by atoms with Gasteiger partial charge >= 0.3 is 0 Å². The highest BCUT2D eigenvalue weighted by atomic mass is 35.5. The molecule has 0 spiro atoms. The third-order valence-corrected chi connectivity index (χ3v) is 6.85. The van der Waals surface area contributed by atoms with Crippen LogP contribution in [0, 0.1) is 6.92 Å². The topological polar surface area (TPSA) is 77.2 Å². The van der Waals surface area contributed by atoms with Gasteiger partial charge in [0.25, 0.3) is 11.8 Å². The van der Waals surface area contributed by atoms with Crippen molar-refractivity contribution in [3.63, 3.8) is 0 Å². The predicted molar refractivity (Wildman–Crippen MR) is 142 cm³/mol. The summed E-state index contributed by atoms with van der Waals surface area (Å²) in [4.78, 5) is 31.7. The second-order valence-corrected chi connectivity index (χ2v) is 9.62. The molecule has 3 heterocycles. The molecule has 0 aliphatic carbocycles. The monoisotopic (exact) mass is 488 g/mol. The minimum Gasteiger partial charge on any atom is -0.358 e. The first-order valence-corrected chi connectivity index (χ1v) is 12.5. The smallest absolute Gasteiger partial charge is 0.256 e. The van der Waals surface area contributed by atoms with E-state index in [0.29, 0.717) is 28.4 Å². The number of H-pyrrole nitrogens is 1. The maximum Gasteiger partial charge on any atom is 0.256 e. The average Bonchev–Trinajstić information content (AvgIpc) is 3.56. The second kappa shape index (κ2) is 10.1. The molecular formula is C28H29ClN4O2. The van der Waals surface area contributed by atoms with Gasteiger partial charge in [-0.1, -0.05) is 35.9 Å². The fourth-order valence-electron chi connectivity index (χ4n) is 4.95. The van der Waals surface area contributed by atoms with E-state index in [-0.39, 0.29) is 11.8 Å². The Bertz CT molecular complexity index is 1300. The third-order valence-electron chi connectivity index (χ3n) is 6.61. The molecule has 2 amide bonds. The zero-order valence-electron chi connectivity index (χ0n) is 19.8. The lowest BCUT2D eigenvalue weighted by Gasteiger charge is -2.14. The molecule has 0 radical (unpaired) electrons. The molecule has 6 nitrogen and oxygen atoms in total. The molecule has 1 saturated heterocycles. The van der Waals surface area contributed by atoms with E-state index in [4.69, 9.17) is 11.6 Å². The molecular weight excluding hydrogens is 460 g/mol. The van der Waals surface area contributed by atoms with E-state index in [2.05, 4.69) is 20.5 Å². The van der Waals surface area contributed by atoms with Gasteiger partial charge in [-0.2, -0.15) is 0 Å². The lowest BCUT2D eigenvalue weighted by atomic mass is 9.94. The van der Waals surface area contributed by atoms with Gasteiger partial charge in [-0.05, 0) is 87.3 Å².